The van der Waals surface area contributed by atoms with Crippen molar-refractivity contribution in [2.24, 2.45) is 5.10 Å². The minimum Gasteiger partial charge on any atom is -0.497 e. The van der Waals surface area contributed by atoms with Gasteiger partial charge in [-0.25, -0.2) is 5.01 Å². The molecule has 1 aliphatic rings. The van der Waals surface area contributed by atoms with Gasteiger partial charge in [0.25, 0.3) is 5.91 Å². The Balaban J connectivity index is 1.53. The van der Waals surface area contributed by atoms with Gasteiger partial charge in [0.1, 0.15) is 17.6 Å². The summed E-state index contributed by atoms with van der Waals surface area (Å²) in [5, 5.41) is 6.30. The molecule has 1 atom stereocenters. The van der Waals surface area contributed by atoms with Gasteiger partial charge in [-0.15, -0.1) is 0 Å². The maximum atomic E-state index is 13.5. The third kappa shape index (κ3) is 5.49. The molecule has 2 heterocycles. The number of likely N-dealkylation sites (N-methyl/N-ethyl adjacent to an activating group) is 1. The van der Waals surface area contributed by atoms with Crippen molar-refractivity contribution in [1.82, 2.24) is 9.91 Å². The Morgan fingerprint density at radius 1 is 1.06 bits per heavy atom. The minimum absolute atomic E-state index is 0.0859. The summed E-state index contributed by atoms with van der Waals surface area (Å²) in [6.07, 6.45) is 2.20. The van der Waals surface area contributed by atoms with E-state index in [4.69, 9.17) is 23.7 Å². The van der Waals surface area contributed by atoms with Gasteiger partial charge in [-0.3, -0.25) is 9.69 Å². The molecular weight excluding hydrogens is 446 g/mol. The van der Waals surface area contributed by atoms with Gasteiger partial charge in [0, 0.05) is 13.0 Å². The summed E-state index contributed by atoms with van der Waals surface area (Å²) in [4.78, 5) is 15.6. The predicted molar refractivity (Wildman–Crippen MR) is 133 cm³/mol. The number of methoxy groups -OCH3 is 3. The number of carbonyl (C=O) groups excluding carboxylic acids is 1. The largest absolute Gasteiger partial charge is 0.497 e. The fourth-order valence-corrected chi connectivity index (χ4v) is 4.18. The van der Waals surface area contributed by atoms with E-state index in [0.717, 1.165) is 22.6 Å². The second-order valence-corrected chi connectivity index (χ2v) is 8.24. The monoisotopic (exact) mass is 477 g/mol. The van der Waals surface area contributed by atoms with E-state index in [-0.39, 0.29) is 18.5 Å². The first kappa shape index (κ1) is 24.3. The normalized spacial score (nSPS) is 15.3. The molecule has 0 fully saturated rings. The van der Waals surface area contributed by atoms with Gasteiger partial charge < -0.3 is 18.6 Å². The second kappa shape index (κ2) is 11.1. The van der Waals surface area contributed by atoms with Crippen molar-refractivity contribution in [2.45, 2.75) is 25.9 Å². The molecule has 0 spiro atoms. The molecule has 1 aliphatic heterocycles. The van der Waals surface area contributed by atoms with Crippen LogP contribution in [0.2, 0.25) is 0 Å². The van der Waals surface area contributed by atoms with E-state index in [2.05, 4.69) is 4.90 Å². The fraction of sp³-hybridized carbons (Fsp3) is 0.333. The lowest BCUT2D eigenvalue weighted by molar-refractivity contribution is -0.134. The summed E-state index contributed by atoms with van der Waals surface area (Å²) < 4.78 is 21.7. The molecule has 0 bridgehead atoms. The number of hydrogen-bond acceptors (Lipinski definition) is 7. The molecule has 2 aromatic carbocycles. The zero-order chi connectivity index (χ0) is 24.8. The van der Waals surface area contributed by atoms with Crippen LogP contribution in [0.5, 0.6) is 17.2 Å². The van der Waals surface area contributed by atoms with Crippen LogP contribution in [0.25, 0.3) is 0 Å². The number of benzene rings is 2. The Morgan fingerprint density at radius 2 is 1.83 bits per heavy atom. The maximum absolute atomic E-state index is 13.5. The third-order valence-electron chi connectivity index (χ3n) is 6.12. The Kier molecular flexibility index (Phi) is 7.72. The Hall–Kier alpha value is -3.78. The van der Waals surface area contributed by atoms with Crippen LogP contribution in [-0.4, -0.2) is 55.9 Å². The van der Waals surface area contributed by atoms with Gasteiger partial charge >= 0.3 is 0 Å². The number of furan rings is 1. The molecule has 0 saturated carbocycles. The molecule has 1 aromatic heterocycles. The van der Waals surface area contributed by atoms with Crippen molar-refractivity contribution in [1.29, 1.82) is 0 Å². The van der Waals surface area contributed by atoms with E-state index in [1.165, 1.54) is 0 Å². The van der Waals surface area contributed by atoms with Crippen LogP contribution in [0, 0.1) is 0 Å². The van der Waals surface area contributed by atoms with Crippen molar-refractivity contribution in [2.75, 3.05) is 34.4 Å². The highest BCUT2D eigenvalue weighted by atomic mass is 16.5. The van der Waals surface area contributed by atoms with E-state index in [0.29, 0.717) is 36.8 Å². The predicted octanol–water partition coefficient (Wildman–Crippen LogP) is 4.51. The van der Waals surface area contributed by atoms with Crippen LogP contribution < -0.4 is 14.2 Å². The van der Waals surface area contributed by atoms with Crippen molar-refractivity contribution in [3.05, 3.63) is 77.7 Å². The minimum atomic E-state index is -0.283. The smallest absolute Gasteiger partial charge is 0.257 e. The van der Waals surface area contributed by atoms with Crippen LogP contribution in [-0.2, 0) is 11.3 Å². The zero-order valence-corrected chi connectivity index (χ0v) is 20.6. The molecule has 0 aliphatic carbocycles. The zero-order valence-electron chi connectivity index (χ0n) is 20.6. The lowest BCUT2D eigenvalue weighted by atomic mass is 10.0. The van der Waals surface area contributed by atoms with Gasteiger partial charge in [-0.2, -0.15) is 5.10 Å². The number of carbonyl (C=O) groups is 1. The molecule has 1 unspecified atom stereocenters. The van der Waals surface area contributed by atoms with E-state index in [9.17, 15) is 4.79 Å². The highest BCUT2D eigenvalue weighted by Crippen LogP contribution is 2.34. The lowest BCUT2D eigenvalue weighted by Crippen LogP contribution is -2.37. The van der Waals surface area contributed by atoms with Crippen molar-refractivity contribution >= 4 is 11.6 Å². The highest BCUT2D eigenvalue weighted by Gasteiger charge is 2.35. The molecule has 1 amide bonds. The molecule has 0 radical (unpaired) electrons. The van der Waals surface area contributed by atoms with Crippen molar-refractivity contribution < 1.29 is 23.4 Å². The molecule has 35 heavy (non-hydrogen) atoms. The topological polar surface area (TPSA) is 76.7 Å². The van der Waals surface area contributed by atoms with Crippen molar-refractivity contribution in [3.63, 3.8) is 0 Å². The SMILES string of the molecule is CCN(CC(=O)N1N=C(c2ccc(OC)cc2)CC1c1ccco1)Cc1ccc(OC)c(OC)c1. The number of hydrogen-bond donors (Lipinski definition) is 0. The van der Waals surface area contributed by atoms with Gasteiger partial charge in [-0.1, -0.05) is 13.0 Å². The first-order valence-corrected chi connectivity index (χ1v) is 11.6. The average Bonchev–Trinajstić information content (AvgIpc) is 3.58. The van der Waals surface area contributed by atoms with E-state index in [1.54, 1.807) is 32.6 Å². The average molecular weight is 478 g/mol. The maximum Gasteiger partial charge on any atom is 0.257 e. The van der Waals surface area contributed by atoms with E-state index < -0.39 is 0 Å². The highest BCUT2D eigenvalue weighted by molar-refractivity contribution is 6.03. The number of amides is 1. The molecule has 184 valence electrons. The number of ether oxygens (including phenoxy) is 3. The summed E-state index contributed by atoms with van der Waals surface area (Å²) in [5.74, 6) is 2.75. The molecule has 8 heteroatoms. The lowest BCUT2D eigenvalue weighted by Gasteiger charge is -2.25. The first-order chi connectivity index (χ1) is 17.1. The van der Waals surface area contributed by atoms with E-state index >= 15 is 0 Å². The molecule has 0 saturated heterocycles. The molecule has 0 N–H and O–H groups in total. The van der Waals surface area contributed by atoms with Gasteiger partial charge in [0.05, 0.1) is 39.8 Å². The summed E-state index contributed by atoms with van der Waals surface area (Å²) in [7, 11) is 4.86. The van der Waals surface area contributed by atoms with Crippen LogP contribution >= 0.6 is 0 Å². The van der Waals surface area contributed by atoms with Crippen LogP contribution in [0.1, 0.15) is 36.3 Å². The molecule has 3 aromatic rings. The van der Waals surface area contributed by atoms with Crippen LogP contribution in [0.3, 0.4) is 0 Å². The molecular formula is C27H31N3O5. The summed E-state index contributed by atoms with van der Waals surface area (Å²) in [5.41, 5.74) is 2.82. The number of rotatable bonds is 10. The van der Waals surface area contributed by atoms with Gasteiger partial charge in [0.2, 0.25) is 0 Å². The quantitative estimate of drug-likeness (QED) is 0.428. The Bertz CT molecular complexity index is 1160. The van der Waals surface area contributed by atoms with Gasteiger partial charge in [-0.05, 0) is 66.2 Å². The van der Waals surface area contributed by atoms with Crippen LogP contribution in [0.4, 0.5) is 0 Å². The second-order valence-electron chi connectivity index (χ2n) is 8.24. The van der Waals surface area contributed by atoms with E-state index in [1.807, 2.05) is 61.5 Å². The standard InChI is InChI=1S/C27H31N3O5/c1-5-29(17-19-8-13-25(33-3)26(15-19)34-4)18-27(31)30-23(24-7-6-14-35-24)16-22(28-30)20-9-11-21(32-2)12-10-20/h6-15,23H,5,16-18H2,1-4H3. The Labute approximate surface area is 205 Å². The van der Waals surface area contributed by atoms with Crippen molar-refractivity contribution in [3.8, 4) is 17.2 Å². The fourth-order valence-electron chi connectivity index (χ4n) is 4.18. The van der Waals surface area contributed by atoms with Crippen LogP contribution in [0.15, 0.2) is 70.4 Å². The summed E-state index contributed by atoms with van der Waals surface area (Å²) >= 11 is 0. The summed E-state index contributed by atoms with van der Waals surface area (Å²) in [6, 6.07) is 16.9. The first-order valence-electron chi connectivity index (χ1n) is 11.6. The third-order valence-corrected chi connectivity index (χ3v) is 6.12. The number of hydrazone groups is 1. The van der Waals surface area contributed by atoms with Gasteiger partial charge in [0.15, 0.2) is 11.5 Å². The molecule has 4 rings (SSSR count). The summed E-state index contributed by atoms with van der Waals surface area (Å²) in [6.45, 7) is 3.56. The number of nitrogens with zero attached hydrogens (tertiary/aromatic N) is 3. The Morgan fingerprint density at radius 3 is 2.46 bits per heavy atom. The molecule has 8 nitrogen and oxygen atoms in total.